The lowest BCUT2D eigenvalue weighted by atomic mass is 9.63. The molecule has 0 amide bonds. The van der Waals surface area contributed by atoms with E-state index in [-0.39, 0.29) is 42.5 Å². The van der Waals surface area contributed by atoms with Crippen molar-refractivity contribution in [3.05, 3.63) is 90.8 Å². The fraction of sp³-hybridized carbons (Fsp3) is 0.387. The molecule has 0 saturated carbocycles. The standard InChI is InChI=1S/C31H31N3O9/c1-30(2)12-21-28(23(35)14-30)27(29-22(32(21)16-26(37)38)13-31(3,4)15-24(29)36)17-6-5-7-19(10-17)43-25-9-8-18(33(39)40)11-20(25)34(41)42/h5-11,27H,12-16H2,1-4H3,(H,37,38). The highest BCUT2D eigenvalue weighted by molar-refractivity contribution is 6.07. The number of hydrogen-bond acceptors (Lipinski definition) is 9. The van der Waals surface area contributed by atoms with Crippen molar-refractivity contribution < 1.29 is 34.1 Å². The SMILES string of the molecule is CC1(C)CC(=O)C2=C(C1)N(CC(=O)O)C1=C(C(=O)CC(C)(C)C1)C2c1cccc(Oc2ccc([N+](=O)[O-])cc2[N+](=O)[O-])c1. The van der Waals surface area contributed by atoms with E-state index in [0.29, 0.717) is 40.9 Å². The van der Waals surface area contributed by atoms with Gasteiger partial charge >= 0.3 is 11.7 Å². The molecule has 0 unspecified atom stereocenters. The van der Waals surface area contributed by atoms with Crippen LogP contribution < -0.4 is 4.74 Å². The Balaban J connectivity index is 1.67. The Labute approximate surface area is 246 Å². The molecule has 2 aliphatic carbocycles. The maximum Gasteiger partial charge on any atom is 0.323 e. The first-order valence-electron chi connectivity index (χ1n) is 13.8. The number of carboxylic acid groups (broad SMARTS) is 1. The van der Waals surface area contributed by atoms with Crippen molar-refractivity contribution in [1.82, 2.24) is 4.90 Å². The van der Waals surface area contributed by atoms with Crippen molar-refractivity contribution in [2.75, 3.05) is 6.54 Å². The summed E-state index contributed by atoms with van der Waals surface area (Å²) in [5, 5.41) is 32.7. The van der Waals surface area contributed by atoms with Gasteiger partial charge in [-0.15, -0.1) is 0 Å². The molecule has 0 bridgehead atoms. The molecule has 43 heavy (non-hydrogen) atoms. The maximum absolute atomic E-state index is 13.8. The third kappa shape index (κ3) is 5.64. The first-order valence-corrected chi connectivity index (χ1v) is 13.8. The number of nitro groups is 2. The van der Waals surface area contributed by atoms with Gasteiger partial charge in [0.15, 0.2) is 11.6 Å². The van der Waals surface area contributed by atoms with Crippen LogP contribution in [0.4, 0.5) is 11.4 Å². The van der Waals surface area contributed by atoms with Crippen molar-refractivity contribution in [2.45, 2.75) is 59.3 Å². The molecule has 0 atom stereocenters. The summed E-state index contributed by atoms with van der Waals surface area (Å²) in [6.07, 6.45) is 1.32. The second-order valence-corrected chi connectivity index (χ2v) is 12.9. The lowest BCUT2D eigenvalue weighted by Crippen LogP contribution is -2.45. The number of ketones is 2. The van der Waals surface area contributed by atoms with Gasteiger partial charge in [-0.1, -0.05) is 39.8 Å². The molecule has 224 valence electrons. The zero-order valence-electron chi connectivity index (χ0n) is 24.2. The van der Waals surface area contributed by atoms with Gasteiger partial charge in [0.2, 0.25) is 5.75 Å². The predicted molar refractivity (Wildman–Crippen MR) is 153 cm³/mol. The van der Waals surface area contributed by atoms with Crippen LogP contribution in [0.1, 0.15) is 64.9 Å². The number of hydrogen-bond donors (Lipinski definition) is 1. The summed E-state index contributed by atoms with van der Waals surface area (Å²) >= 11 is 0. The van der Waals surface area contributed by atoms with Gasteiger partial charge in [-0.05, 0) is 47.4 Å². The number of carbonyl (C=O) groups excluding carboxylic acids is 2. The molecule has 0 aromatic heterocycles. The molecular formula is C31H31N3O9. The topological polar surface area (TPSA) is 170 Å². The van der Waals surface area contributed by atoms with Crippen molar-refractivity contribution in [3.63, 3.8) is 0 Å². The summed E-state index contributed by atoms with van der Waals surface area (Å²) in [5.41, 5.74) is 0.579. The van der Waals surface area contributed by atoms with Crippen LogP contribution in [-0.4, -0.2) is 43.9 Å². The number of allylic oxidation sites excluding steroid dienone is 4. The lowest BCUT2D eigenvalue weighted by molar-refractivity contribution is -0.394. The molecule has 1 aliphatic heterocycles. The van der Waals surface area contributed by atoms with E-state index in [1.165, 1.54) is 0 Å². The summed E-state index contributed by atoms with van der Waals surface area (Å²) in [5.74, 6) is -2.25. The predicted octanol–water partition coefficient (Wildman–Crippen LogP) is 6.07. The summed E-state index contributed by atoms with van der Waals surface area (Å²) < 4.78 is 5.85. The molecule has 1 heterocycles. The maximum atomic E-state index is 13.8. The largest absolute Gasteiger partial charge is 0.480 e. The van der Waals surface area contributed by atoms with Gasteiger partial charge in [-0.3, -0.25) is 34.6 Å². The number of rotatable bonds is 7. The number of ether oxygens (including phenoxy) is 1. The second kappa shape index (κ2) is 10.4. The van der Waals surface area contributed by atoms with Crippen LogP contribution in [0, 0.1) is 31.1 Å². The summed E-state index contributed by atoms with van der Waals surface area (Å²) in [7, 11) is 0. The Morgan fingerprint density at radius 2 is 1.49 bits per heavy atom. The van der Waals surface area contributed by atoms with Crippen LogP contribution in [0.25, 0.3) is 0 Å². The number of aliphatic carboxylic acids is 1. The van der Waals surface area contributed by atoms with E-state index in [1.54, 1.807) is 29.2 Å². The van der Waals surface area contributed by atoms with E-state index in [9.17, 15) is 39.7 Å². The number of Topliss-reactive ketones (excluding diaryl/α,β-unsaturated/α-hetero) is 2. The third-order valence-electron chi connectivity index (χ3n) is 8.08. The minimum atomic E-state index is -1.08. The number of carboxylic acids is 1. The lowest BCUT2D eigenvalue weighted by Gasteiger charge is -2.48. The Morgan fingerprint density at radius 1 is 0.907 bits per heavy atom. The Kier molecular flexibility index (Phi) is 7.19. The van der Waals surface area contributed by atoms with Crippen LogP contribution in [0.15, 0.2) is 65.0 Å². The second-order valence-electron chi connectivity index (χ2n) is 12.9. The van der Waals surface area contributed by atoms with Crippen LogP contribution in [0.3, 0.4) is 0 Å². The fourth-order valence-electron chi connectivity index (χ4n) is 6.44. The molecule has 5 rings (SSSR count). The third-order valence-corrected chi connectivity index (χ3v) is 8.08. The van der Waals surface area contributed by atoms with Crippen LogP contribution in [0.2, 0.25) is 0 Å². The van der Waals surface area contributed by atoms with Gasteiger partial charge in [0.05, 0.1) is 15.9 Å². The van der Waals surface area contributed by atoms with Crippen molar-refractivity contribution >= 4 is 28.9 Å². The minimum absolute atomic E-state index is 0.166. The molecule has 12 nitrogen and oxygen atoms in total. The fourth-order valence-corrected chi connectivity index (χ4v) is 6.44. The van der Waals surface area contributed by atoms with Gasteiger partial charge in [-0.2, -0.15) is 0 Å². The highest BCUT2D eigenvalue weighted by Crippen LogP contribution is 2.54. The van der Waals surface area contributed by atoms with Gasteiger partial charge in [-0.25, -0.2) is 0 Å². The molecule has 3 aliphatic rings. The molecule has 0 fully saturated rings. The molecule has 2 aromatic rings. The molecule has 1 N–H and O–H groups in total. The Hall–Kier alpha value is -4.87. The number of benzene rings is 2. The van der Waals surface area contributed by atoms with E-state index in [0.717, 1.165) is 18.2 Å². The van der Waals surface area contributed by atoms with E-state index >= 15 is 0 Å². The number of non-ortho nitro benzene ring substituents is 1. The van der Waals surface area contributed by atoms with Crippen molar-refractivity contribution in [2.24, 2.45) is 10.8 Å². The quantitative estimate of drug-likeness (QED) is 0.295. The monoisotopic (exact) mass is 589 g/mol. The molecular weight excluding hydrogens is 558 g/mol. The van der Waals surface area contributed by atoms with Crippen LogP contribution in [-0.2, 0) is 14.4 Å². The van der Waals surface area contributed by atoms with E-state index in [1.807, 2.05) is 27.7 Å². The minimum Gasteiger partial charge on any atom is -0.480 e. The van der Waals surface area contributed by atoms with Crippen molar-refractivity contribution in [3.8, 4) is 11.5 Å². The van der Waals surface area contributed by atoms with E-state index in [2.05, 4.69) is 0 Å². The van der Waals surface area contributed by atoms with E-state index in [4.69, 9.17) is 4.74 Å². The molecule has 0 saturated heterocycles. The first kappa shape index (κ1) is 29.6. The highest BCUT2D eigenvalue weighted by atomic mass is 16.6. The average Bonchev–Trinajstić information content (AvgIpc) is 2.88. The summed E-state index contributed by atoms with van der Waals surface area (Å²) in [6, 6.07) is 9.59. The molecule has 0 radical (unpaired) electrons. The number of nitrogens with zero attached hydrogens (tertiary/aromatic N) is 3. The number of nitro benzene ring substituents is 2. The Morgan fingerprint density at radius 3 is 2.00 bits per heavy atom. The zero-order chi connectivity index (χ0) is 31.4. The van der Waals surface area contributed by atoms with Gasteiger partial charge in [0.25, 0.3) is 5.69 Å². The summed E-state index contributed by atoms with van der Waals surface area (Å²) in [4.78, 5) is 62.7. The molecule has 0 spiro atoms. The highest BCUT2D eigenvalue weighted by Gasteiger charge is 2.49. The van der Waals surface area contributed by atoms with Gasteiger partial charge in [0, 0.05) is 47.4 Å². The van der Waals surface area contributed by atoms with Crippen LogP contribution >= 0.6 is 0 Å². The normalized spacial score (nSPS) is 19.6. The number of carbonyl (C=O) groups is 3. The van der Waals surface area contributed by atoms with E-state index < -0.39 is 43.9 Å². The van der Waals surface area contributed by atoms with Crippen LogP contribution in [0.5, 0.6) is 11.5 Å². The van der Waals surface area contributed by atoms with Gasteiger partial charge < -0.3 is 14.7 Å². The smallest absolute Gasteiger partial charge is 0.323 e. The first-order chi connectivity index (χ1) is 20.1. The van der Waals surface area contributed by atoms with Gasteiger partial charge in [0.1, 0.15) is 12.3 Å². The zero-order valence-corrected chi connectivity index (χ0v) is 24.2. The average molecular weight is 590 g/mol. The van der Waals surface area contributed by atoms with Crippen molar-refractivity contribution in [1.29, 1.82) is 0 Å². The summed E-state index contributed by atoms with van der Waals surface area (Å²) in [6.45, 7) is 7.42. The Bertz CT molecular complexity index is 1610. The molecule has 12 heteroatoms. The molecule has 2 aromatic carbocycles.